The van der Waals surface area contributed by atoms with Crippen LogP contribution in [0.4, 0.5) is 0 Å². The van der Waals surface area contributed by atoms with E-state index in [0.717, 1.165) is 27.8 Å². The van der Waals surface area contributed by atoms with Crippen molar-refractivity contribution in [2.75, 3.05) is 13.7 Å². The molecule has 36 heavy (non-hydrogen) atoms. The molecule has 8 heteroatoms. The third kappa shape index (κ3) is 6.21. The number of aromatic nitrogens is 2. The van der Waals surface area contributed by atoms with Crippen molar-refractivity contribution in [3.05, 3.63) is 72.4 Å². The number of carbonyl (C=O) groups is 2. The molecular formula is C28H29N3O5. The minimum absolute atomic E-state index is 0.107. The minimum atomic E-state index is -0.547. The smallest absolute Gasteiger partial charge is 0.308 e. The predicted octanol–water partition coefficient (Wildman–Crippen LogP) is 5.49. The van der Waals surface area contributed by atoms with E-state index in [9.17, 15) is 9.59 Å². The summed E-state index contributed by atoms with van der Waals surface area (Å²) in [6, 6.07) is 18.7. The van der Waals surface area contributed by atoms with E-state index in [1.54, 1.807) is 58.3 Å². The van der Waals surface area contributed by atoms with Gasteiger partial charge in [0, 0.05) is 17.7 Å². The average Bonchev–Trinajstić information content (AvgIpc) is 3.30. The lowest BCUT2D eigenvalue weighted by Crippen LogP contribution is -2.29. The molecule has 4 aromatic rings. The zero-order chi connectivity index (χ0) is 25.7. The summed E-state index contributed by atoms with van der Waals surface area (Å²) >= 11 is 0. The molecule has 0 aliphatic heterocycles. The Morgan fingerprint density at radius 1 is 0.944 bits per heavy atom. The molecule has 8 nitrogen and oxygen atoms in total. The van der Waals surface area contributed by atoms with Crippen molar-refractivity contribution < 1.29 is 23.8 Å². The SMILES string of the molecule is COc1ccc2cc(-c3[nH]ncc3Oc3ccc(C(=O)NCCC(=O)OC(C)(C)C)cc3)ccc2c1. The van der Waals surface area contributed by atoms with Crippen LogP contribution in [0.1, 0.15) is 37.6 Å². The third-order valence-corrected chi connectivity index (χ3v) is 5.32. The maximum Gasteiger partial charge on any atom is 0.308 e. The van der Waals surface area contributed by atoms with Crippen molar-refractivity contribution in [2.45, 2.75) is 32.8 Å². The molecule has 0 bridgehead atoms. The van der Waals surface area contributed by atoms with Gasteiger partial charge in [0.1, 0.15) is 22.8 Å². The van der Waals surface area contributed by atoms with Crippen LogP contribution in [0, 0.1) is 0 Å². The number of H-pyrrole nitrogens is 1. The van der Waals surface area contributed by atoms with E-state index in [1.807, 2.05) is 30.3 Å². The molecule has 4 rings (SSSR count). The number of nitrogens with one attached hydrogen (secondary N) is 2. The maximum atomic E-state index is 12.4. The van der Waals surface area contributed by atoms with Crippen molar-refractivity contribution in [3.8, 4) is 28.5 Å². The average molecular weight is 488 g/mol. The molecule has 0 radical (unpaired) electrons. The quantitative estimate of drug-likeness (QED) is 0.319. The van der Waals surface area contributed by atoms with Crippen LogP contribution in [0.5, 0.6) is 17.2 Å². The van der Waals surface area contributed by atoms with Gasteiger partial charge in [-0.05, 0) is 74.0 Å². The van der Waals surface area contributed by atoms with Gasteiger partial charge in [0.2, 0.25) is 0 Å². The van der Waals surface area contributed by atoms with Gasteiger partial charge in [-0.3, -0.25) is 14.7 Å². The maximum absolute atomic E-state index is 12.4. The van der Waals surface area contributed by atoms with Crippen LogP contribution in [0.25, 0.3) is 22.0 Å². The number of hydrogen-bond donors (Lipinski definition) is 2. The first-order valence-corrected chi connectivity index (χ1v) is 11.6. The molecule has 0 aliphatic rings. The zero-order valence-corrected chi connectivity index (χ0v) is 20.8. The molecule has 0 spiro atoms. The molecule has 0 fully saturated rings. The largest absolute Gasteiger partial charge is 0.497 e. The molecule has 2 N–H and O–H groups in total. The Morgan fingerprint density at radius 3 is 2.36 bits per heavy atom. The van der Waals surface area contributed by atoms with Crippen LogP contribution >= 0.6 is 0 Å². The van der Waals surface area contributed by atoms with Gasteiger partial charge in [-0.1, -0.05) is 18.2 Å². The Kier molecular flexibility index (Phi) is 7.24. The second-order valence-corrected chi connectivity index (χ2v) is 9.26. The number of nitrogens with zero attached hydrogens (tertiary/aromatic N) is 1. The molecule has 0 unspecified atom stereocenters. The Hall–Kier alpha value is -4.33. The number of hydrogen-bond acceptors (Lipinski definition) is 6. The first-order chi connectivity index (χ1) is 17.2. The topological polar surface area (TPSA) is 103 Å². The highest BCUT2D eigenvalue weighted by atomic mass is 16.6. The monoisotopic (exact) mass is 487 g/mol. The molecular weight excluding hydrogens is 458 g/mol. The Labute approximate surface area is 209 Å². The fraction of sp³-hybridized carbons (Fsp3) is 0.250. The first kappa shape index (κ1) is 24.8. The van der Waals surface area contributed by atoms with Crippen LogP contribution in [-0.4, -0.2) is 41.3 Å². The van der Waals surface area contributed by atoms with Crippen LogP contribution in [0.2, 0.25) is 0 Å². The zero-order valence-electron chi connectivity index (χ0n) is 20.8. The number of ether oxygens (including phenoxy) is 3. The summed E-state index contributed by atoms with van der Waals surface area (Å²) in [5.41, 5.74) is 1.59. The van der Waals surface area contributed by atoms with Gasteiger partial charge in [0.05, 0.1) is 19.7 Å². The van der Waals surface area contributed by atoms with Gasteiger partial charge in [0.15, 0.2) is 5.75 Å². The highest BCUT2D eigenvalue weighted by molar-refractivity contribution is 5.94. The standard InChI is InChI=1S/C28H29N3O5/c1-28(2,3)36-25(32)13-14-29-27(33)18-7-10-22(11-8-18)35-24-17-30-31-26(24)21-6-5-20-16-23(34-4)12-9-19(20)15-21/h5-12,15-17H,13-14H2,1-4H3,(H,29,33)(H,30,31). The number of esters is 1. The number of benzene rings is 3. The van der Waals surface area contributed by atoms with Gasteiger partial charge in [-0.15, -0.1) is 0 Å². The third-order valence-electron chi connectivity index (χ3n) is 5.32. The van der Waals surface area contributed by atoms with E-state index in [4.69, 9.17) is 14.2 Å². The van der Waals surface area contributed by atoms with Gasteiger partial charge >= 0.3 is 5.97 Å². The summed E-state index contributed by atoms with van der Waals surface area (Å²) < 4.78 is 16.6. The van der Waals surface area contributed by atoms with Gasteiger partial charge < -0.3 is 19.5 Å². The Balaban J connectivity index is 1.39. The van der Waals surface area contributed by atoms with E-state index in [1.165, 1.54) is 0 Å². The van der Waals surface area contributed by atoms with Gasteiger partial charge in [-0.25, -0.2) is 0 Å². The normalized spacial score (nSPS) is 11.2. The van der Waals surface area contributed by atoms with E-state index in [0.29, 0.717) is 17.1 Å². The molecule has 0 saturated heterocycles. The van der Waals surface area contributed by atoms with E-state index >= 15 is 0 Å². The molecule has 1 amide bonds. The Bertz CT molecular complexity index is 1370. The summed E-state index contributed by atoms with van der Waals surface area (Å²) in [7, 11) is 1.65. The van der Waals surface area contributed by atoms with E-state index < -0.39 is 5.60 Å². The van der Waals surface area contributed by atoms with Crippen molar-refractivity contribution in [3.63, 3.8) is 0 Å². The minimum Gasteiger partial charge on any atom is -0.497 e. The number of methoxy groups -OCH3 is 1. The van der Waals surface area contributed by atoms with Crippen molar-refractivity contribution in [1.29, 1.82) is 0 Å². The predicted molar refractivity (Wildman–Crippen MR) is 137 cm³/mol. The van der Waals surface area contributed by atoms with Gasteiger partial charge in [-0.2, -0.15) is 5.10 Å². The van der Waals surface area contributed by atoms with Crippen molar-refractivity contribution >= 4 is 22.6 Å². The second kappa shape index (κ2) is 10.5. The number of fused-ring (bicyclic) bond motifs is 1. The first-order valence-electron chi connectivity index (χ1n) is 11.6. The molecule has 1 aromatic heterocycles. The van der Waals surface area contributed by atoms with Crippen molar-refractivity contribution in [1.82, 2.24) is 15.5 Å². The van der Waals surface area contributed by atoms with Crippen LogP contribution in [-0.2, 0) is 9.53 Å². The second-order valence-electron chi connectivity index (χ2n) is 9.26. The molecule has 0 aliphatic carbocycles. The highest BCUT2D eigenvalue weighted by Gasteiger charge is 2.16. The molecule has 0 saturated carbocycles. The van der Waals surface area contributed by atoms with Crippen LogP contribution < -0.4 is 14.8 Å². The fourth-order valence-electron chi connectivity index (χ4n) is 3.64. The molecule has 3 aromatic carbocycles. The Morgan fingerprint density at radius 2 is 1.64 bits per heavy atom. The lowest BCUT2D eigenvalue weighted by molar-refractivity contribution is -0.154. The summed E-state index contributed by atoms with van der Waals surface area (Å²) in [6.07, 6.45) is 1.72. The van der Waals surface area contributed by atoms with E-state index in [2.05, 4.69) is 21.6 Å². The summed E-state index contributed by atoms with van der Waals surface area (Å²) in [6.45, 7) is 5.61. The molecule has 0 atom stereocenters. The van der Waals surface area contributed by atoms with Crippen LogP contribution in [0.15, 0.2) is 66.9 Å². The fourth-order valence-corrected chi connectivity index (χ4v) is 3.64. The number of amides is 1. The van der Waals surface area contributed by atoms with E-state index in [-0.39, 0.29) is 24.8 Å². The summed E-state index contributed by atoms with van der Waals surface area (Å²) in [4.78, 5) is 24.2. The van der Waals surface area contributed by atoms with Gasteiger partial charge in [0.25, 0.3) is 5.91 Å². The number of rotatable bonds is 8. The lowest BCUT2D eigenvalue weighted by Gasteiger charge is -2.19. The van der Waals surface area contributed by atoms with Crippen molar-refractivity contribution in [2.24, 2.45) is 0 Å². The van der Waals surface area contributed by atoms with Crippen LogP contribution in [0.3, 0.4) is 0 Å². The number of aromatic amines is 1. The summed E-state index contributed by atoms with van der Waals surface area (Å²) in [5, 5.41) is 12.0. The molecule has 186 valence electrons. The number of carbonyl (C=O) groups excluding carboxylic acids is 2. The lowest BCUT2D eigenvalue weighted by atomic mass is 10.0. The highest BCUT2D eigenvalue weighted by Crippen LogP contribution is 2.33. The summed E-state index contributed by atoms with van der Waals surface area (Å²) in [5.74, 6) is 1.31. The molecule has 1 heterocycles.